The minimum atomic E-state index is -0.202. The van der Waals surface area contributed by atoms with Crippen molar-refractivity contribution >= 4 is 11.0 Å². The maximum absolute atomic E-state index is 12.8. The molecule has 1 aromatic heterocycles. The van der Waals surface area contributed by atoms with Gasteiger partial charge in [0.1, 0.15) is 23.3 Å². The molecule has 0 unspecified atom stereocenters. The van der Waals surface area contributed by atoms with Crippen LogP contribution in [-0.4, -0.2) is 6.61 Å². The van der Waals surface area contributed by atoms with E-state index in [0.717, 1.165) is 19.3 Å². The largest absolute Gasteiger partial charge is 0.493 e. The molecule has 0 bridgehead atoms. The Bertz CT molecular complexity index is 1160. The Morgan fingerprint density at radius 3 is 2.40 bits per heavy atom. The summed E-state index contributed by atoms with van der Waals surface area (Å²) in [5.74, 6) is 1.46. The summed E-state index contributed by atoms with van der Waals surface area (Å²) in [6.07, 6.45) is 4.19. The van der Waals surface area contributed by atoms with E-state index in [1.54, 1.807) is 18.2 Å². The molecule has 0 aliphatic carbocycles. The summed E-state index contributed by atoms with van der Waals surface area (Å²) in [7, 11) is 0. The number of rotatable bonds is 8. The lowest BCUT2D eigenvalue weighted by molar-refractivity contribution is 0.311. The van der Waals surface area contributed by atoms with E-state index in [1.807, 2.05) is 42.5 Å². The molecule has 4 rings (SSSR count). The van der Waals surface area contributed by atoms with Crippen molar-refractivity contribution in [2.45, 2.75) is 26.2 Å². The lowest BCUT2D eigenvalue weighted by atomic mass is 10.1. The van der Waals surface area contributed by atoms with E-state index in [-0.39, 0.29) is 11.2 Å². The van der Waals surface area contributed by atoms with Crippen molar-refractivity contribution in [2.24, 2.45) is 0 Å². The molecule has 0 amide bonds. The molecule has 0 spiro atoms. The van der Waals surface area contributed by atoms with Crippen LogP contribution in [0.5, 0.6) is 17.2 Å². The van der Waals surface area contributed by atoms with Gasteiger partial charge in [0.15, 0.2) is 0 Å². The van der Waals surface area contributed by atoms with Crippen molar-refractivity contribution in [1.82, 2.24) is 0 Å². The SMILES string of the molecule is CCc1ccc(Oc2coc3cc(OCCCc4ccccc4)ccc3c2=O)cc1. The van der Waals surface area contributed by atoms with Gasteiger partial charge in [0.05, 0.1) is 12.0 Å². The third-order valence-corrected chi connectivity index (χ3v) is 5.00. The van der Waals surface area contributed by atoms with Crippen LogP contribution in [0, 0.1) is 0 Å². The highest BCUT2D eigenvalue weighted by molar-refractivity contribution is 5.79. The lowest BCUT2D eigenvalue weighted by Gasteiger charge is -2.08. The molecular formula is C26H24O4. The number of fused-ring (bicyclic) bond motifs is 1. The van der Waals surface area contributed by atoms with Crippen LogP contribution in [0.15, 0.2) is 88.3 Å². The molecule has 0 saturated carbocycles. The van der Waals surface area contributed by atoms with E-state index >= 15 is 0 Å². The van der Waals surface area contributed by atoms with Crippen LogP contribution in [0.3, 0.4) is 0 Å². The fourth-order valence-corrected chi connectivity index (χ4v) is 3.28. The molecule has 30 heavy (non-hydrogen) atoms. The normalized spacial score (nSPS) is 10.8. The third kappa shape index (κ3) is 4.71. The van der Waals surface area contributed by atoms with Gasteiger partial charge in [0.25, 0.3) is 0 Å². The lowest BCUT2D eigenvalue weighted by Crippen LogP contribution is -2.05. The summed E-state index contributed by atoms with van der Waals surface area (Å²) in [5, 5.41) is 0.467. The minimum absolute atomic E-state index is 0.170. The van der Waals surface area contributed by atoms with Crippen LogP contribution in [-0.2, 0) is 12.8 Å². The molecule has 4 nitrogen and oxygen atoms in total. The fraction of sp³-hybridized carbons (Fsp3) is 0.192. The van der Waals surface area contributed by atoms with Gasteiger partial charge in [-0.15, -0.1) is 0 Å². The second-order valence-corrected chi connectivity index (χ2v) is 7.12. The zero-order valence-corrected chi connectivity index (χ0v) is 17.0. The summed E-state index contributed by atoms with van der Waals surface area (Å²) < 4.78 is 17.2. The van der Waals surface area contributed by atoms with Crippen molar-refractivity contribution in [2.75, 3.05) is 6.61 Å². The van der Waals surface area contributed by atoms with E-state index in [4.69, 9.17) is 13.9 Å². The Morgan fingerprint density at radius 1 is 0.867 bits per heavy atom. The van der Waals surface area contributed by atoms with E-state index in [9.17, 15) is 4.79 Å². The van der Waals surface area contributed by atoms with E-state index in [1.165, 1.54) is 17.4 Å². The topological polar surface area (TPSA) is 48.7 Å². The van der Waals surface area contributed by atoms with Crippen LogP contribution < -0.4 is 14.9 Å². The third-order valence-electron chi connectivity index (χ3n) is 5.00. The van der Waals surface area contributed by atoms with Crippen molar-refractivity contribution < 1.29 is 13.9 Å². The van der Waals surface area contributed by atoms with Crippen LogP contribution in [0.1, 0.15) is 24.5 Å². The van der Waals surface area contributed by atoms with Gasteiger partial charge in [-0.25, -0.2) is 0 Å². The first-order valence-corrected chi connectivity index (χ1v) is 10.2. The van der Waals surface area contributed by atoms with Gasteiger partial charge in [-0.2, -0.15) is 0 Å². The van der Waals surface area contributed by atoms with E-state index in [2.05, 4.69) is 19.1 Å². The Balaban J connectivity index is 1.42. The van der Waals surface area contributed by atoms with Crippen LogP contribution in [0.2, 0.25) is 0 Å². The highest BCUT2D eigenvalue weighted by Gasteiger charge is 2.10. The molecule has 3 aromatic carbocycles. The molecular weight excluding hydrogens is 376 g/mol. The first-order valence-electron chi connectivity index (χ1n) is 10.2. The molecule has 0 aliphatic rings. The van der Waals surface area contributed by atoms with Crippen LogP contribution in [0.4, 0.5) is 0 Å². The number of hydrogen-bond acceptors (Lipinski definition) is 4. The summed E-state index contributed by atoms with van der Waals surface area (Å²) in [4.78, 5) is 12.8. The van der Waals surface area contributed by atoms with Gasteiger partial charge in [-0.3, -0.25) is 4.79 Å². The minimum Gasteiger partial charge on any atom is -0.493 e. The highest BCUT2D eigenvalue weighted by atomic mass is 16.5. The zero-order valence-electron chi connectivity index (χ0n) is 17.0. The summed E-state index contributed by atoms with van der Waals surface area (Å²) in [6.45, 7) is 2.69. The Labute approximate surface area is 175 Å². The molecule has 1 heterocycles. The first-order chi connectivity index (χ1) is 14.7. The van der Waals surface area contributed by atoms with E-state index in [0.29, 0.717) is 29.1 Å². The van der Waals surface area contributed by atoms with Gasteiger partial charge < -0.3 is 13.9 Å². The molecule has 0 fully saturated rings. The van der Waals surface area contributed by atoms with Crippen LogP contribution in [0.25, 0.3) is 11.0 Å². The summed E-state index contributed by atoms with van der Waals surface area (Å²) >= 11 is 0. The average Bonchev–Trinajstić information content (AvgIpc) is 2.80. The summed E-state index contributed by atoms with van der Waals surface area (Å²) in [5.41, 5.74) is 2.78. The smallest absolute Gasteiger partial charge is 0.235 e. The molecule has 4 aromatic rings. The Kier molecular flexibility index (Phi) is 6.14. The second-order valence-electron chi connectivity index (χ2n) is 7.12. The van der Waals surface area contributed by atoms with Gasteiger partial charge in [-0.05, 0) is 54.7 Å². The number of hydrogen-bond donors (Lipinski definition) is 0. The first kappa shape index (κ1) is 19.8. The molecule has 0 aliphatic heterocycles. The van der Waals surface area contributed by atoms with Crippen LogP contribution >= 0.6 is 0 Å². The van der Waals surface area contributed by atoms with Crippen molar-refractivity contribution in [3.05, 3.63) is 100 Å². The second kappa shape index (κ2) is 9.31. The van der Waals surface area contributed by atoms with Gasteiger partial charge in [0.2, 0.25) is 11.2 Å². The fourth-order valence-electron chi connectivity index (χ4n) is 3.28. The van der Waals surface area contributed by atoms with Gasteiger partial charge in [0, 0.05) is 6.07 Å². The molecule has 0 saturated heterocycles. The highest BCUT2D eigenvalue weighted by Crippen LogP contribution is 2.24. The molecule has 0 N–H and O–H groups in total. The average molecular weight is 400 g/mol. The van der Waals surface area contributed by atoms with Crippen molar-refractivity contribution in [3.63, 3.8) is 0 Å². The maximum atomic E-state index is 12.8. The monoisotopic (exact) mass is 400 g/mol. The molecule has 4 heteroatoms. The maximum Gasteiger partial charge on any atom is 0.235 e. The quantitative estimate of drug-likeness (QED) is 0.332. The number of aryl methyl sites for hydroxylation is 2. The standard InChI is InChI=1S/C26H24O4/c1-2-19-10-12-21(13-11-19)30-25-18-29-24-17-22(14-15-23(24)26(25)27)28-16-6-9-20-7-4-3-5-8-20/h3-5,7-8,10-15,17-18H,2,6,9,16H2,1H3. The number of ether oxygens (including phenoxy) is 2. The molecule has 152 valence electrons. The molecule has 0 radical (unpaired) electrons. The van der Waals surface area contributed by atoms with Crippen molar-refractivity contribution in [1.29, 1.82) is 0 Å². The number of benzene rings is 3. The molecule has 0 atom stereocenters. The zero-order chi connectivity index (χ0) is 20.8. The van der Waals surface area contributed by atoms with Gasteiger partial charge >= 0.3 is 0 Å². The Morgan fingerprint density at radius 2 is 1.63 bits per heavy atom. The predicted octanol–water partition coefficient (Wildman–Crippen LogP) is 6.16. The summed E-state index contributed by atoms with van der Waals surface area (Å²) in [6, 6.07) is 23.3. The van der Waals surface area contributed by atoms with Crippen molar-refractivity contribution in [3.8, 4) is 17.2 Å². The van der Waals surface area contributed by atoms with E-state index < -0.39 is 0 Å². The Hall–Kier alpha value is -3.53. The van der Waals surface area contributed by atoms with Gasteiger partial charge in [-0.1, -0.05) is 49.4 Å². The predicted molar refractivity (Wildman–Crippen MR) is 119 cm³/mol.